The predicted octanol–water partition coefficient (Wildman–Crippen LogP) is -15.7. The molecule has 0 aromatic rings. The molecule has 10 aliphatic heterocycles. The van der Waals surface area contributed by atoms with E-state index in [1.807, 2.05) is 0 Å². The molecule has 10 aliphatic rings. The Morgan fingerprint density at radius 3 is 0.828 bits per heavy atom. The second-order valence-corrected chi connectivity index (χ2v) is 35.0. The lowest BCUT2D eigenvalue weighted by molar-refractivity contribution is -0.400. The summed E-state index contributed by atoms with van der Waals surface area (Å²) in [6.45, 7) is 6.01. The van der Waals surface area contributed by atoms with Crippen molar-refractivity contribution < 1.29 is 241 Å². The standard InChI is InChI=1S/C80H135N5O49/c1-25(91)14-13-16-40(96)82-18-17-81-39(95)15-11-10-12-19-115-74-57(110)64(44(97)26(2)116-74)129-72-42(84-32(8)93)62(52(105)37(23-89)122-72)126-79-69(55(108)50(103)35(21-87)124-79)133-78-61(114)68(48(101)30(6)120-78)132-76-59(112)66(46(99)28(4)118-76)130-73-43(85-33(9)94)63(53(106)38(24-90)123-73)127-80-70(56(109)51(104)36(22-88)125-80)134-77-60(113)67(47(100)29(5)119-77)131-75-58(111)65(45(98)27(3)117-75)128-71-41(83-31(7)92)54(107)49(102)34(20-86)121-71/h26-30,34-38,41-80,86-90,97-114H,10-24H2,1-9H3,(H,81,95)(H,82,96)(H,83,92)(H,84,93)(H,85,94)/t26-,27-,28-,29-,30-,34+,35+,36+,37+,38+,41+,42+,43+,44-,45-,46-,47-,48-,49+,50+,51+,52+,53+,54+,55-,56-,57+,58+,59+,60+,61+,62+,63+,64+,65+,66+,67+,68+,69+,70+,71+,72+,73+,74+,75-,76-,77-,78-,79+,80+/m0/s1. The largest absolute Gasteiger partial charge is 0.394 e. The summed E-state index contributed by atoms with van der Waals surface area (Å²) < 4.78 is 120. The van der Waals surface area contributed by atoms with Crippen molar-refractivity contribution in [2.45, 2.75) is 414 Å². The van der Waals surface area contributed by atoms with Crippen molar-refractivity contribution in [1.82, 2.24) is 26.6 Å². The Balaban J connectivity index is 0.816. The van der Waals surface area contributed by atoms with E-state index in [1.54, 1.807) is 0 Å². The van der Waals surface area contributed by atoms with Gasteiger partial charge >= 0.3 is 0 Å². The lowest BCUT2D eigenvalue weighted by Crippen LogP contribution is -2.70. The van der Waals surface area contributed by atoms with Gasteiger partial charge in [-0.05, 0) is 60.8 Å². The van der Waals surface area contributed by atoms with E-state index in [-0.39, 0.29) is 56.6 Å². The number of carbonyl (C=O) groups excluding carboxylic acids is 6. The van der Waals surface area contributed by atoms with Gasteiger partial charge in [0, 0.05) is 59.7 Å². The first-order chi connectivity index (χ1) is 63.4. The highest BCUT2D eigenvalue weighted by molar-refractivity contribution is 5.79. The van der Waals surface area contributed by atoms with E-state index in [0.29, 0.717) is 25.7 Å². The number of amides is 5. The fourth-order valence-corrected chi connectivity index (χ4v) is 17.3. The maximum absolute atomic E-state index is 13.4. The molecule has 28 N–H and O–H groups in total. The number of aliphatic hydroxyl groups is 23. The molecule has 10 rings (SSSR count). The Bertz CT molecular complexity index is 3670. The zero-order valence-electron chi connectivity index (χ0n) is 74.9. The number of ether oxygens (including phenoxy) is 20. The minimum absolute atomic E-state index is 0.0311. The van der Waals surface area contributed by atoms with Gasteiger partial charge < -0.3 is 244 Å². The van der Waals surface area contributed by atoms with Gasteiger partial charge in [-0.15, -0.1) is 0 Å². The third-order valence-corrected chi connectivity index (χ3v) is 24.9. The van der Waals surface area contributed by atoms with Crippen molar-refractivity contribution in [3.8, 4) is 0 Å². The van der Waals surface area contributed by atoms with E-state index in [9.17, 15) is 146 Å². The topological polar surface area (TPSA) is 812 Å². The quantitative estimate of drug-likeness (QED) is 0.0253. The van der Waals surface area contributed by atoms with Crippen LogP contribution in [0.15, 0.2) is 0 Å². The third kappa shape index (κ3) is 26.8. The van der Waals surface area contributed by atoms with Gasteiger partial charge in [0.15, 0.2) is 62.9 Å². The first-order valence-electron chi connectivity index (χ1n) is 44.6. The summed E-state index contributed by atoms with van der Waals surface area (Å²) in [5.74, 6) is -3.13. The molecule has 0 saturated carbocycles. The number of carbonyl (C=O) groups is 6. The van der Waals surface area contributed by atoms with Gasteiger partial charge in [0.1, 0.15) is 219 Å². The van der Waals surface area contributed by atoms with Crippen LogP contribution >= 0.6 is 0 Å². The van der Waals surface area contributed by atoms with E-state index in [0.717, 1.165) is 20.8 Å². The number of hydrogen-bond donors (Lipinski definition) is 28. The molecule has 134 heavy (non-hydrogen) atoms. The van der Waals surface area contributed by atoms with Crippen LogP contribution in [-0.2, 0) is 124 Å². The molecule has 54 heteroatoms. The van der Waals surface area contributed by atoms with E-state index in [4.69, 9.17) is 94.7 Å². The van der Waals surface area contributed by atoms with E-state index >= 15 is 0 Å². The fraction of sp³-hybridized carbons (Fsp3) is 0.925. The van der Waals surface area contributed by atoms with Gasteiger partial charge in [-0.2, -0.15) is 0 Å². The van der Waals surface area contributed by atoms with Crippen LogP contribution in [0, 0.1) is 0 Å². The lowest BCUT2D eigenvalue weighted by Gasteiger charge is -2.51. The van der Waals surface area contributed by atoms with Gasteiger partial charge in [-0.1, -0.05) is 6.42 Å². The van der Waals surface area contributed by atoms with Crippen LogP contribution in [0.3, 0.4) is 0 Å². The molecule has 0 bridgehead atoms. The maximum Gasteiger partial charge on any atom is 0.220 e. The monoisotopic (exact) mass is 1950 g/mol. The van der Waals surface area contributed by atoms with Crippen LogP contribution in [0.25, 0.3) is 0 Å². The molecular formula is C80H135N5O49. The van der Waals surface area contributed by atoms with E-state index < -0.39 is 358 Å². The number of hydrogen-bond acceptors (Lipinski definition) is 49. The molecule has 10 heterocycles. The highest BCUT2D eigenvalue weighted by Gasteiger charge is 2.62. The van der Waals surface area contributed by atoms with Gasteiger partial charge in [-0.3, -0.25) is 24.0 Å². The van der Waals surface area contributed by atoms with Crippen molar-refractivity contribution in [2.75, 3.05) is 52.7 Å². The maximum atomic E-state index is 13.4. The molecular weight excluding hydrogens is 1810 g/mol. The fourth-order valence-electron chi connectivity index (χ4n) is 17.3. The van der Waals surface area contributed by atoms with Crippen LogP contribution in [0.2, 0.25) is 0 Å². The Kier molecular flexibility index (Phi) is 41.8. The second kappa shape index (κ2) is 50.3. The summed E-state index contributed by atoms with van der Waals surface area (Å²) in [6.07, 6.45) is -88.4. The molecule has 5 amide bonds. The highest BCUT2D eigenvalue weighted by atomic mass is 16.8. The Labute approximate surface area is 767 Å². The van der Waals surface area contributed by atoms with Crippen LogP contribution in [0.1, 0.15) is 107 Å². The van der Waals surface area contributed by atoms with Crippen LogP contribution < -0.4 is 26.6 Å². The third-order valence-electron chi connectivity index (χ3n) is 24.9. The van der Waals surface area contributed by atoms with Gasteiger partial charge in [-0.25, -0.2) is 0 Å². The van der Waals surface area contributed by atoms with Gasteiger partial charge in [0.2, 0.25) is 29.5 Å². The van der Waals surface area contributed by atoms with E-state index in [2.05, 4.69) is 26.6 Å². The smallest absolute Gasteiger partial charge is 0.220 e. The summed E-state index contributed by atoms with van der Waals surface area (Å²) in [5.41, 5.74) is 0. The molecule has 0 aliphatic carbocycles. The summed E-state index contributed by atoms with van der Waals surface area (Å²) in [5, 5.41) is 276. The summed E-state index contributed by atoms with van der Waals surface area (Å²) in [4.78, 5) is 74.5. The average Bonchev–Trinajstić information content (AvgIpc) is 0.763. The van der Waals surface area contributed by atoms with Crippen molar-refractivity contribution in [3.05, 3.63) is 0 Å². The van der Waals surface area contributed by atoms with Crippen molar-refractivity contribution in [3.63, 3.8) is 0 Å². The van der Waals surface area contributed by atoms with Crippen molar-refractivity contribution in [2.24, 2.45) is 0 Å². The molecule has 0 unspecified atom stereocenters. The lowest BCUT2D eigenvalue weighted by atomic mass is 9.94. The highest BCUT2D eigenvalue weighted by Crippen LogP contribution is 2.42. The van der Waals surface area contributed by atoms with Crippen LogP contribution in [-0.4, -0.2) is 512 Å². The Morgan fingerprint density at radius 2 is 0.507 bits per heavy atom. The molecule has 54 nitrogen and oxygen atoms in total. The second-order valence-electron chi connectivity index (χ2n) is 35.0. The number of aliphatic hydroxyl groups excluding tert-OH is 23. The van der Waals surface area contributed by atoms with Crippen molar-refractivity contribution >= 4 is 35.3 Å². The van der Waals surface area contributed by atoms with Gasteiger partial charge in [0.25, 0.3) is 0 Å². The Hall–Kier alpha value is -4.70. The molecule has 0 aromatic heterocycles. The summed E-state index contributed by atoms with van der Waals surface area (Å²) in [7, 11) is 0. The minimum atomic E-state index is -2.32. The molecule has 50 atom stereocenters. The minimum Gasteiger partial charge on any atom is -0.394 e. The number of rotatable bonds is 40. The molecule has 0 spiro atoms. The number of unbranched alkanes of at least 4 members (excludes halogenated alkanes) is 2. The SMILES string of the molecule is CC(=O)CCCC(=O)NCCNC(=O)CCCCCO[C@@H]1O[C@@H](C)[C@H](O)[C@@H](O[C@H]2O[C@H](CO)[C@@H](O)[C@H](O[C@H]3O[C@H](CO)[C@@H](O)[C@H](O)[C@H]3O[C@@H]3O[C@@H](C)[C@H](O)[C@@H](O[C@@H]4O[C@@H](C)[C@H](O)[C@@H](O[C@H]5O[C@H](CO)[C@@H](O)[C@H](O[C@H]6O[C@H](CO)[C@@H](O)[C@H](O)[C@H]6O[C@@H]6O[C@@H](C)[C@H](O)[C@@H](O[C@@H]7O[C@@H](C)[C@H](O)[C@@H](O[C@H]8O[C@H](CO)[C@@H](O)[C@H](O)[C@H]8NC(C)=O)[C@H]7O)[C@H]6O)[C@H]5NC(C)=O)[C@H]4O)[C@H]3O)[C@H]2NC(C)=O)[C@H]1O. The molecule has 0 radical (unpaired) electrons. The number of nitrogens with one attached hydrogen (secondary N) is 5. The molecule has 10 fully saturated rings. The average molecular weight is 1950 g/mol. The zero-order chi connectivity index (χ0) is 98.6. The molecule has 0 aromatic carbocycles. The first-order valence-corrected chi connectivity index (χ1v) is 44.6. The van der Waals surface area contributed by atoms with Gasteiger partial charge in [0.05, 0.1) is 63.6 Å². The molecule has 10 saturated heterocycles. The molecule has 774 valence electrons. The van der Waals surface area contributed by atoms with Crippen LogP contribution in [0.5, 0.6) is 0 Å². The first kappa shape index (κ1) is 111. The predicted molar refractivity (Wildman–Crippen MR) is 430 cm³/mol. The number of ketones is 1. The normalized spacial score (nSPS) is 46.2. The Morgan fingerprint density at radius 1 is 0.246 bits per heavy atom. The number of Topliss-reactive ketones (excluding diaryl/α,β-unsaturated/α-hetero) is 1. The van der Waals surface area contributed by atoms with E-state index in [1.165, 1.54) is 41.5 Å². The van der Waals surface area contributed by atoms with Crippen molar-refractivity contribution in [1.29, 1.82) is 0 Å². The summed E-state index contributed by atoms with van der Waals surface area (Å²) in [6, 6.07) is -5.29. The zero-order valence-corrected chi connectivity index (χ0v) is 74.9. The van der Waals surface area contributed by atoms with Crippen LogP contribution in [0.4, 0.5) is 0 Å². The summed E-state index contributed by atoms with van der Waals surface area (Å²) >= 11 is 0.